The molecule has 1 atom stereocenters. The number of likely N-dealkylation sites (tertiary alicyclic amines) is 1. The van der Waals surface area contributed by atoms with Crippen LogP contribution in [-0.2, 0) is 20.5 Å². The maximum Gasteiger partial charge on any atom is 0.416 e. The van der Waals surface area contributed by atoms with Crippen molar-refractivity contribution in [3.8, 4) is 0 Å². The molecule has 0 spiro atoms. The monoisotopic (exact) mass is 389 g/mol. The summed E-state index contributed by atoms with van der Waals surface area (Å²) >= 11 is 0. The van der Waals surface area contributed by atoms with Gasteiger partial charge in [0.2, 0.25) is 0 Å². The molecule has 0 aliphatic carbocycles. The maximum absolute atomic E-state index is 12.7. The molecule has 8 nitrogen and oxygen atoms in total. The summed E-state index contributed by atoms with van der Waals surface area (Å²) in [6.45, 7) is 2.06. The number of amides is 1. The lowest BCUT2D eigenvalue weighted by atomic mass is 10.1. The lowest BCUT2D eigenvalue weighted by Crippen LogP contribution is -2.35. The van der Waals surface area contributed by atoms with Crippen molar-refractivity contribution in [3.05, 3.63) is 33.9 Å². The van der Waals surface area contributed by atoms with Gasteiger partial charge in [0.15, 0.2) is 6.61 Å². The maximum atomic E-state index is 12.7. The van der Waals surface area contributed by atoms with E-state index in [9.17, 15) is 32.9 Å². The van der Waals surface area contributed by atoms with E-state index in [4.69, 9.17) is 4.74 Å². The topological polar surface area (TPSA) is 102 Å². The molecule has 0 aromatic heterocycles. The number of nitrogens with one attached hydrogen (secondary N) is 1. The fraction of sp³-hybridized carbons (Fsp3) is 0.500. The highest BCUT2D eigenvalue weighted by Crippen LogP contribution is 2.35. The number of hydrogen-bond donors (Lipinski definition) is 1. The summed E-state index contributed by atoms with van der Waals surface area (Å²) in [5.41, 5.74) is -2.26. The molecule has 1 saturated heterocycles. The third-order valence-corrected chi connectivity index (χ3v) is 4.04. The zero-order chi connectivity index (χ0) is 20.2. The standard InChI is InChI=1S/C16H18F3N3O5/c1-10(15(24)27-9-14(23)21-6-2-3-7-21)20-12-5-4-11(16(17,18)19)8-13(12)22(25)26/h4-5,8,10,20H,2-3,6-7,9H2,1H3. The van der Waals surface area contributed by atoms with Crippen LogP contribution in [-0.4, -0.2) is 47.4 Å². The predicted octanol–water partition coefficient (Wildman–Crippen LogP) is 2.58. The van der Waals surface area contributed by atoms with Gasteiger partial charge in [0.1, 0.15) is 11.7 Å². The second-order valence-corrected chi connectivity index (χ2v) is 6.05. The van der Waals surface area contributed by atoms with E-state index in [0.29, 0.717) is 25.2 Å². The number of hydrogen-bond acceptors (Lipinski definition) is 6. The number of halogens is 3. The Balaban J connectivity index is 2.01. The van der Waals surface area contributed by atoms with E-state index in [0.717, 1.165) is 18.9 Å². The van der Waals surface area contributed by atoms with E-state index in [-0.39, 0.29) is 11.6 Å². The molecule has 2 rings (SSSR count). The molecule has 0 radical (unpaired) electrons. The molecule has 1 aliphatic rings. The third-order valence-electron chi connectivity index (χ3n) is 4.04. The smallest absolute Gasteiger partial charge is 0.416 e. The Hall–Kier alpha value is -2.85. The van der Waals surface area contributed by atoms with Crippen molar-refractivity contribution in [3.63, 3.8) is 0 Å². The number of alkyl halides is 3. The van der Waals surface area contributed by atoms with Gasteiger partial charge in [-0.25, -0.2) is 4.79 Å². The quantitative estimate of drug-likeness (QED) is 0.456. The fourth-order valence-electron chi connectivity index (χ4n) is 2.59. The Bertz CT molecular complexity index is 733. The number of carbonyl (C=O) groups excluding carboxylic acids is 2. The lowest BCUT2D eigenvalue weighted by molar-refractivity contribution is -0.384. The second-order valence-electron chi connectivity index (χ2n) is 6.05. The molecule has 27 heavy (non-hydrogen) atoms. The highest BCUT2D eigenvalue weighted by Gasteiger charge is 2.33. The molecule has 1 aromatic rings. The Morgan fingerprint density at radius 3 is 2.52 bits per heavy atom. The van der Waals surface area contributed by atoms with Gasteiger partial charge in [-0.05, 0) is 31.9 Å². The molecule has 1 aromatic carbocycles. The Kier molecular flexibility index (Phi) is 6.24. The molecule has 1 fully saturated rings. The molecule has 0 saturated carbocycles. The highest BCUT2D eigenvalue weighted by atomic mass is 19.4. The van der Waals surface area contributed by atoms with Gasteiger partial charge in [-0.2, -0.15) is 13.2 Å². The van der Waals surface area contributed by atoms with Gasteiger partial charge in [0.25, 0.3) is 11.6 Å². The summed E-state index contributed by atoms with van der Waals surface area (Å²) < 4.78 is 43.0. The number of esters is 1. The van der Waals surface area contributed by atoms with E-state index in [1.165, 1.54) is 6.92 Å². The van der Waals surface area contributed by atoms with Gasteiger partial charge in [0.05, 0.1) is 10.5 Å². The van der Waals surface area contributed by atoms with Crippen LogP contribution in [0.4, 0.5) is 24.5 Å². The molecule has 1 aliphatic heterocycles. The fourth-order valence-corrected chi connectivity index (χ4v) is 2.59. The summed E-state index contributed by atoms with van der Waals surface area (Å²) in [5, 5.41) is 13.5. The lowest BCUT2D eigenvalue weighted by Gasteiger charge is -2.18. The van der Waals surface area contributed by atoms with Crippen molar-refractivity contribution in [2.45, 2.75) is 32.0 Å². The number of ether oxygens (including phenoxy) is 1. The van der Waals surface area contributed by atoms with Crippen molar-refractivity contribution in [2.75, 3.05) is 25.0 Å². The normalized spacial score (nSPS) is 15.3. The van der Waals surface area contributed by atoms with Crippen LogP contribution in [0.1, 0.15) is 25.3 Å². The Morgan fingerprint density at radius 1 is 1.33 bits per heavy atom. The second kappa shape index (κ2) is 8.23. The van der Waals surface area contributed by atoms with Crippen LogP contribution in [0.2, 0.25) is 0 Å². The SMILES string of the molecule is CC(Nc1ccc(C(F)(F)F)cc1[N+](=O)[O-])C(=O)OCC(=O)N1CCCC1. The van der Waals surface area contributed by atoms with E-state index < -0.39 is 41.0 Å². The number of carbonyl (C=O) groups is 2. The number of nitrogens with zero attached hydrogens (tertiary/aromatic N) is 2. The number of nitro benzene ring substituents is 1. The number of benzene rings is 1. The van der Waals surface area contributed by atoms with Crippen LogP contribution in [0.25, 0.3) is 0 Å². The summed E-state index contributed by atoms with van der Waals surface area (Å²) in [6.07, 6.45) is -2.96. The average Bonchev–Trinajstić information content (AvgIpc) is 3.13. The van der Waals surface area contributed by atoms with Crippen molar-refractivity contribution in [1.82, 2.24) is 4.90 Å². The van der Waals surface area contributed by atoms with Crippen LogP contribution in [0.5, 0.6) is 0 Å². The summed E-state index contributed by atoms with van der Waals surface area (Å²) in [6, 6.07) is 0.827. The minimum Gasteiger partial charge on any atom is -0.454 e. The predicted molar refractivity (Wildman–Crippen MR) is 88.0 cm³/mol. The zero-order valence-electron chi connectivity index (χ0n) is 14.4. The van der Waals surface area contributed by atoms with E-state index in [1.807, 2.05) is 0 Å². The van der Waals surface area contributed by atoms with Crippen LogP contribution in [0, 0.1) is 10.1 Å². The van der Waals surface area contributed by atoms with Crippen LogP contribution in [0.3, 0.4) is 0 Å². The molecule has 11 heteroatoms. The van der Waals surface area contributed by atoms with Crippen molar-refractivity contribution < 1.29 is 32.4 Å². The first-order valence-corrected chi connectivity index (χ1v) is 8.16. The van der Waals surface area contributed by atoms with Gasteiger partial charge in [-0.1, -0.05) is 0 Å². The molecular weight excluding hydrogens is 371 g/mol. The van der Waals surface area contributed by atoms with Crippen molar-refractivity contribution >= 4 is 23.3 Å². The van der Waals surface area contributed by atoms with E-state index in [1.54, 1.807) is 4.90 Å². The first kappa shape index (κ1) is 20.5. The van der Waals surface area contributed by atoms with E-state index >= 15 is 0 Å². The van der Waals surface area contributed by atoms with Crippen LogP contribution >= 0.6 is 0 Å². The molecule has 1 amide bonds. The van der Waals surface area contributed by atoms with Crippen LogP contribution in [0.15, 0.2) is 18.2 Å². The minimum absolute atomic E-state index is 0.261. The molecule has 1 heterocycles. The molecule has 1 unspecified atom stereocenters. The molecule has 1 N–H and O–H groups in total. The Morgan fingerprint density at radius 2 is 1.96 bits per heavy atom. The first-order valence-electron chi connectivity index (χ1n) is 8.16. The summed E-state index contributed by atoms with van der Waals surface area (Å²) in [5.74, 6) is -1.19. The Labute approximate surface area is 152 Å². The van der Waals surface area contributed by atoms with Crippen molar-refractivity contribution in [2.24, 2.45) is 0 Å². The first-order chi connectivity index (χ1) is 12.6. The summed E-state index contributed by atoms with van der Waals surface area (Å²) in [4.78, 5) is 35.4. The molecular formula is C16H18F3N3O5. The highest BCUT2D eigenvalue weighted by molar-refractivity contribution is 5.84. The van der Waals surface area contributed by atoms with Gasteiger partial charge in [-0.15, -0.1) is 0 Å². The number of rotatable bonds is 6. The third kappa shape index (κ3) is 5.31. The number of anilines is 1. The average molecular weight is 389 g/mol. The zero-order valence-corrected chi connectivity index (χ0v) is 14.4. The van der Waals surface area contributed by atoms with E-state index in [2.05, 4.69) is 5.32 Å². The summed E-state index contributed by atoms with van der Waals surface area (Å²) in [7, 11) is 0. The van der Waals surface area contributed by atoms with Crippen molar-refractivity contribution in [1.29, 1.82) is 0 Å². The molecule has 0 bridgehead atoms. The van der Waals surface area contributed by atoms with Gasteiger partial charge < -0.3 is 15.0 Å². The molecule has 148 valence electrons. The van der Waals surface area contributed by atoms with Gasteiger partial charge >= 0.3 is 12.1 Å². The minimum atomic E-state index is -4.73. The largest absolute Gasteiger partial charge is 0.454 e. The number of nitro groups is 1. The van der Waals surface area contributed by atoms with Gasteiger partial charge in [0, 0.05) is 19.2 Å². The van der Waals surface area contributed by atoms with Crippen LogP contribution < -0.4 is 5.32 Å². The van der Waals surface area contributed by atoms with Gasteiger partial charge in [-0.3, -0.25) is 14.9 Å².